The van der Waals surface area contributed by atoms with Crippen LogP contribution in [0.4, 0.5) is 0 Å². The molecule has 16 heavy (non-hydrogen) atoms. The first-order valence-corrected chi connectivity index (χ1v) is 5.90. The zero-order chi connectivity index (χ0) is 11.0. The predicted octanol–water partition coefficient (Wildman–Crippen LogP) is 2.91. The molecule has 0 saturated carbocycles. The van der Waals surface area contributed by atoms with Crippen LogP contribution in [-0.4, -0.2) is 11.5 Å². The highest BCUT2D eigenvalue weighted by atomic mass is 14.9. The molecule has 2 aromatic rings. The van der Waals surface area contributed by atoms with Crippen molar-refractivity contribution in [3.8, 4) is 0 Å². The fraction of sp³-hybridized carbons (Fsp3) is 0.357. The van der Waals surface area contributed by atoms with Crippen molar-refractivity contribution < 1.29 is 0 Å². The monoisotopic (exact) mass is 212 g/mol. The van der Waals surface area contributed by atoms with Crippen molar-refractivity contribution in [2.24, 2.45) is 5.92 Å². The standard InChI is InChI=1S/C14H16N2/c1-10-6-14(16-8-10)12-2-3-13-9-15-5-4-11(13)7-12/h2-5,7,9-10,14,16H,6,8H2,1H3/t10-,14+/m0/s1. The zero-order valence-electron chi connectivity index (χ0n) is 9.48. The summed E-state index contributed by atoms with van der Waals surface area (Å²) in [6.07, 6.45) is 5.03. The lowest BCUT2D eigenvalue weighted by Gasteiger charge is -2.11. The quantitative estimate of drug-likeness (QED) is 0.786. The average Bonchev–Trinajstić information content (AvgIpc) is 2.75. The first-order chi connectivity index (χ1) is 7.83. The highest BCUT2D eigenvalue weighted by Crippen LogP contribution is 2.28. The van der Waals surface area contributed by atoms with Crippen LogP contribution in [0.25, 0.3) is 10.8 Å². The Morgan fingerprint density at radius 3 is 3.00 bits per heavy atom. The third kappa shape index (κ3) is 1.69. The van der Waals surface area contributed by atoms with Crippen molar-refractivity contribution in [1.82, 2.24) is 10.3 Å². The van der Waals surface area contributed by atoms with E-state index < -0.39 is 0 Å². The average molecular weight is 212 g/mol. The van der Waals surface area contributed by atoms with Crippen LogP contribution in [0.5, 0.6) is 0 Å². The van der Waals surface area contributed by atoms with Crippen molar-refractivity contribution in [2.45, 2.75) is 19.4 Å². The lowest BCUT2D eigenvalue weighted by molar-refractivity contribution is 0.612. The maximum absolute atomic E-state index is 4.14. The van der Waals surface area contributed by atoms with Gasteiger partial charge in [0.15, 0.2) is 0 Å². The van der Waals surface area contributed by atoms with Crippen molar-refractivity contribution in [2.75, 3.05) is 6.54 Å². The molecule has 1 aliphatic heterocycles. The Morgan fingerprint density at radius 2 is 2.19 bits per heavy atom. The van der Waals surface area contributed by atoms with Crippen molar-refractivity contribution >= 4 is 10.8 Å². The van der Waals surface area contributed by atoms with Crippen LogP contribution in [0.2, 0.25) is 0 Å². The van der Waals surface area contributed by atoms with Crippen LogP contribution in [0.3, 0.4) is 0 Å². The van der Waals surface area contributed by atoms with Crippen molar-refractivity contribution in [3.05, 3.63) is 42.2 Å². The van der Waals surface area contributed by atoms with Crippen LogP contribution < -0.4 is 5.32 Å². The van der Waals surface area contributed by atoms with Crippen molar-refractivity contribution in [3.63, 3.8) is 0 Å². The number of rotatable bonds is 1. The molecule has 0 amide bonds. The summed E-state index contributed by atoms with van der Waals surface area (Å²) < 4.78 is 0. The molecule has 1 saturated heterocycles. The van der Waals surface area contributed by atoms with Gasteiger partial charge in [-0.2, -0.15) is 0 Å². The molecule has 1 aromatic heterocycles. The third-order valence-corrected chi connectivity index (χ3v) is 3.42. The Hall–Kier alpha value is -1.41. The van der Waals surface area contributed by atoms with E-state index in [4.69, 9.17) is 0 Å². The molecule has 2 nitrogen and oxygen atoms in total. The number of nitrogens with one attached hydrogen (secondary N) is 1. The molecule has 0 aliphatic carbocycles. The van der Waals surface area contributed by atoms with Crippen molar-refractivity contribution in [1.29, 1.82) is 0 Å². The lowest BCUT2D eigenvalue weighted by atomic mass is 9.99. The SMILES string of the molecule is C[C@@H]1CN[C@@H](c2ccc3cnccc3c2)C1. The number of hydrogen-bond acceptors (Lipinski definition) is 2. The summed E-state index contributed by atoms with van der Waals surface area (Å²) in [6.45, 7) is 3.44. The van der Waals surface area contributed by atoms with E-state index in [0.29, 0.717) is 6.04 Å². The number of hydrogen-bond donors (Lipinski definition) is 1. The number of aromatic nitrogens is 1. The molecule has 82 valence electrons. The smallest absolute Gasteiger partial charge is 0.0346 e. The summed E-state index contributed by atoms with van der Waals surface area (Å²) in [5.41, 5.74) is 1.41. The van der Waals surface area contributed by atoms with E-state index in [0.717, 1.165) is 12.5 Å². The maximum Gasteiger partial charge on any atom is 0.0346 e. The van der Waals surface area contributed by atoms with Crippen LogP contribution in [0, 0.1) is 5.92 Å². The Balaban J connectivity index is 1.99. The summed E-state index contributed by atoms with van der Waals surface area (Å²) in [5, 5.41) is 6.08. The molecule has 1 aliphatic rings. The molecule has 2 atom stereocenters. The van der Waals surface area contributed by atoms with Gasteiger partial charge in [-0.3, -0.25) is 4.98 Å². The second-order valence-corrected chi connectivity index (χ2v) is 4.78. The fourth-order valence-corrected chi connectivity index (χ4v) is 2.48. The van der Waals surface area contributed by atoms with Gasteiger partial charge < -0.3 is 5.32 Å². The fourth-order valence-electron chi connectivity index (χ4n) is 2.48. The minimum absolute atomic E-state index is 0.535. The van der Waals surface area contributed by atoms with E-state index in [2.05, 4.69) is 41.5 Å². The molecule has 1 aromatic carbocycles. The Morgan fingerprint density at radius 1 is 1.25 bits per heavy atom. The molecule has 0 unspecified atom stereocenters. The Kier molecular flexibility index (Phi) is 2.37. The first kappa shape index (κ1) is 9.79. The van der Waals surface area contributed by atoms with E-state index in [1.54, 1.807) is 0 Å². The topological polar surface area (TPSA) is 24.9 Å². The van der Waals surface area contributed by atoms with E-state index in [-0.39, 0.29) is 0 Å². The molecule has 2 heteroatoms. The van der Waals surface area contributed by atoms with Gasteiger partial charge in [0.25, 0.3) is 0 Å². The summed E-state index contributed by atoms with van der Waals surface area (Å²) >= 11 is 0. The second kappa shape index (κ2) is 3.87. The minimum Gasteiger partial charge on any atom is -0.310 e. The zero-order valence-corrected chi connectivity index (χ0v) is 9.48. The Labute approximate surface area is 95.7 Å². The van der Waals surface area contributed by atoms with E-state index in [1.807, 2.05) is 12.4 Å². The molecule has 3 rings (SSSR count). The van der Waals surface area contributed by atoms with Gasteiger partial charge in [-0.25, -0.2) is 0 Å². The van der Waals surface area contributed by atoms with Gasteiger partial charge >= 0.3 is 0 Å². The molecule has 1 fully saturated rings. The van der Waals surface area contributed by atoms with Gasteiger partial charge in [0.1, 0.15) is 0 Å². The number of nitrogens with zero attached hydrogens (tertiary/aromatic N) is 1. The number of pyridine rings is 1. The number of benzene rings is 1. The first-order valence-electron chi connectivity index (χ1n) is 5.90. The third-order valence-electron chi connectivity index (χ3n) is 3.42. The van der Waals surface area contributed by atoms with E-state index in [1.165, 1.54) is 22.8 Å². The molecular formula is C14H16N2. The van der Waals surface area contributed by atoms with Gasteiger partial charge in [-0.05, 0) is 42.0 Å². The molecule has 2 heterocycles. The molecule has 0 bridgehead atoms. The summed E-state index contributed by atoms with van der Waals surface area (Å²) in [7, 11) is 0. The summed E-state index contributed by atoms with van der Waals surface area (Å²) in [4.78, 5) is 4.14. The van der Waals surface area contributed by atoms with Gasteiger partial charge in [0.2, 0.25) is 0 Å². The van der Waals surface area contributed by atoms with Crippen LogP contribution in [0.1, 0.15) is 24.9 Å². The number of fused-ring (bicyclic) bond motifs is 1. The summed E-state index contributed by atoms with van der Waals surface area (Å²) in [6, 6.07) is 9.29. The lowest BCUT2D eigenvalue weighted by Crippen LogP contribution is -2.13. The normalized spacial score (nSPS) is 25.1. The second-order valence-electron chi connectivity index (χ2n) is 4.78. The van der Waals surface area contributed by atoms with Crippen LogP contribution in [0.15, 0.2) is 36.7 Å². The van der Waals surface area contributed by atoms with Gasteiger partial charge in [0, 0.05) is 23.8 Å². The predicted molar refractivity (Wildman–Crippen MR) is 66.3 cm³/mol. The molecular weight excluding hydrogens is 196 g/mol. The van der Waals surface area contributed by atoms with E-state index in [9.17, 15) is 0 Å². The van der Waals surface area contributed by atoms with Gasteiger partial charge in [0.05, 0.1) is 0 Å². The molecule has 0 radical (unpaired) electrons. The molecule has 0 spiro atoms. The van der Waals surface area contributed by atoms with Crippen LogP contribution in [-0.2, 0) is 0 Å². The van der Waals surface area contributed by atoms with Gasteiger partial charge in [-0.1, -0.05) is 19.1 Å². The highest BCUT2D eigenvalue weighted by molar-refractivity contribution is 5.82. The largest absolute Gasteiger partial charge is 0.310 e. The molecule has 1 N–H and O–H groups in total. The maximum atomic E-state index is 4.14. The van der Waals surface area contributed by atoms with E-state index >= 15 is 0 Å². The van der Waals surface area contributed by atoms with Gasteiger partial charge in [-0.15, -0.1) is 0 Å². The summed E-state index contributed by atoms with van der Waals surface area (Å²) in [5.74, 6) is 0.790. The highest BCUT2D eigenvalue weighted by Gasteiger charge is 2.21. The minimum atomic E-state index is 0.535. The van der Waals surface area contributed by atoms with Crippen LogP contribution >= 0.6 is 0 Å². The Bertz CT molecular complexity index is 507.